The summed E-state index contributed by atoms with van der Waals surface area (Å²) in [7, 11) is 1.86. The standard InChI is InChI=1S/C16H20N2O2S/c1-18(11-12-5-4-10-20-12)16(19)9-8-15-17-13-6-2-3-7-14(13)21-15/h2-3,6-7,12H,4-5,8-11H2,1H3/t12-/m1/s1. The number of para-hydroxylation sites is 1. The maximum atomic E-state index is 12.2. The lowest BCUT2D eigenvalue weighted by atomic mass is 10.2. The Bertz CT molecular complexity index is 587. The largest absolute Gasteiger partial charge is 0.376 e. The second kappa shape index (κ2) is 6.54. The van der Waals surface area contributed by atoms with Gasteiger partial charge in [0.25, 0.3) is 0 Å². The van der Waals surface area contributed by atoms with Crippen molar-refractivity contribution >= 4 is 27.5 Å². The van der Waals surface area contributed by atoms with Crippen LogP contribution in [0.2, 0.25) is 0 Å². The van der Waals surface area contributed by atoms with Gasteiger partial charge in [0, 0.05) is 33.0 Å². The van der Waals surface area contributed by atoms with E-state index in [2.05, 4.69) is 11.1 Å². The number of amides is 1. The fraction of sp³-hybridized carbons (Fsp3) is 0.500. The second-order valence-corrected chi connectivity index (χ2v) is 6.60. The van der Waals surface area contributed by atoms with Gasteiger partial charge >= 0.3 is 0 Å². The highest BCUT2D eigenvalue weighted by Crippen LogP contribution is 2.22. The summed E-state index contributed by atoms with van der Waals surface area (Å²) in [5.74, 6) is 0.171. The fourth-order valence-corrected chi connectivity index (χ4v) is 3.59. The predicted octanol–water partition coefficient (Wildman–Crippen LogP) is 2.87. The Hall–Kier alpha value is -1.46. The van der Waals surface area contributed by atoms with Crippen LogP contribution in [0, 0.1) is 0 Å². The number of aryl methyl sites for hydroxylation is 1. The number of thiazole rings is 1. The molecule has 2 heterocycles. The van der Waals surface area contributed by atoms with E-state index in [1.54, 1.807) is 16.2 Å². The Labute approximate surface area is 128 Å². The predicted molar refractivity (Wildman–Crippen MR) is 84.6 cm³/mol. The molecule has 0 unspecified atom stereocenters. The molecule has 1 aliphatic heterocycles. The van der Waals surface area contributed by atoms with E-state index >= 15 is 0 Å². The molecule has 21 heavy (non-hydrogen) atoms. The first-order valence-electron chi connectivity index (χ1n) is 7.42. The first-order valence-corrected chi connectivity index (χ1v) is 8.24. The summed E-state index contributed by atoms with van der Waals surface area (Å²) in [5, 5.41) is 1.04. The molecule has 2 aromatic rings. The van der Waals surface area contributed by atoms with Gasteiger partial charge in [-0.25, -0.2) is 4.98 Å². The topological polar surface area (TPSA) is 42.4 Å². The van der Waals surface area contributed by atoms with Gasteiger partial charge in [0.05, 0.1) is 21.3 Å². The second-order valence-electron chi connectivity index (χ2n) is 5.48. The molecule has 1 saturated heterocycles. The Morgan fingerprint density at radius 1 is 1.48 bits per heavy atom. The third kappa shape index (κ3) is 3.60. The van der Waals surface area contributed by atoms with Gasteiger partial charge in [-0.2, -0.15) is 0 Å². The minimum atomic E-state index is 0.171. The molecule has 1 aromatic heterocycles. The Morgan fingerprint density at radius 2 is 2.33 bits per heavy atom. The van der Waals surface area contributed by atoms with Crippen LogP contribution in [0.3, 0.4) is 0 Å². The van der Waals surface area contributed by atoms with Gasteiger partial charge in [-0.05, 0) is 25.0 Å². The normalized spacial score (nSPS) is 18.2. The van der Waals surface area contributed by atoms with E-state index in [1.165, 1.54) is 4.70 Å². The first kappa shape index (κ1) is 14.5. The number of carbonyl (C=O) groups is 1. The van der Waals surface area contributed by atoms with Crippen molar-refractivity contribution in [3.63, 3.8) is 0 Å². The number of carbonyl (C=O) groups excluding carboxylic acids is 1. The summed E-state index contributed by atoms with van der Waals surface area (Å²) in [5.41, 5.74) is 1.03. The van der Waals surface area contributed by atoms with Crippen LogP contribution in [0.1, 0.15) is 24.3 Å². The number of benzene rings is 1. The van der Waals surface area contributed by atoms with Gasteiger partial charge in [0.1, 0.15) is 0 Å². The van der Waals surface area contributed by atoms with Crippen LogP contribution in [-0.4, -0.2) is 42.1 Å². The van der Waals surface area contributed by atoms with Crippen molar-refractivity contribution in [1.29, 1.82) is 0 Å². The van der Waals surface area contributed by atoms with Crippen molar-refractivity contribution in [2.75, 3.05) is 20.2 Å². The number of fused-ring (bicyclic) bond motifs is 1. The van der Waals surface area contributed by atoms with Crippen molar-refractivity contribution in [2.45, 2.75) is 31.8 Å². The average molecular weight is 304 g/mol. The van der Waals surface area contributed by atoms with E-state index in [1.807, 2.05) is 25.2 Å². The van der Waals surface area contributed by atoms with E-state index in [9.17, 15) is 4.79 Å². The highest BCUT2D eigenvalue weighted by molar-refractivity contribution is 7.18. The van der Waals surface area contributed by atoms with Crippen LogP contribution >= 0.6 is 11.3 Å². The summed E-state index contributed by atoms with van der Waals surface area (Å²) >= 11 is 1.68. The molecule has 1 amide bonds. The molecule has 1 aliphatic rings. The SMILES string of the molecule is CN(C[C@H]1CCCO1)C(=O)CCc1nc2ccccc2s1. The van der Waals surface area contributed by atoms with Crippen LogP contribution in [-0.2, 0) is 16.0 Å². The highest BCUT2D eigenvalue weighted by Gasteiger charge is 2.20. The number of ether oxygens (including phenoxy) is 1. The number of hydrogen-bond acceptors (Lipinski definition) is 4. The molecule has 0 radical (unpaired) electrons. The molecular formula is C16H20N2O2S. The maximum absolute atomic E-state index is 12.2. The molecule has 1 atom stereocenters. The van der Waals surface area contributed by atoms with Crippen molar-refractivity contribution in [3.8, 4) is 0 Å². The number of likely N-dealkylation sites (N-methyl/N-ethyl adjacent to an activating group) is 1. The Kier molecular flexibility index (Phi) is 4.51. The van der Waals surface area contributed by atoms with Crippen LogP contribution in [0.25, 0.3) is 10.2 Å². The molecule has 0 N–H and O–H groups in total. The van der Waals surface area contributed by atoms with Gasteiger partial charge in [0.15, 0.2) is 0 Å². The minimum Gasteiger partial charge on any atom is -0.376 e. The number of rotatable bonds is 5. The van der Waals surface area contributed by atoms with Crippen molar-refractivity contribution < 1.29 is 9.53 Å². The summed E-state index contributed by atoms with van der Waals surface area (Å²) in [6.45, 7) is 1.54. The summed E-state index contributed by atoms with van der Waals surface area (Å²) in [6.07, 6.45) is 3.63. The molecule has 0 spiro atoms. The smallest absolute Gasteiger partial charge is 0.222 e. The molecular weight excluding hydrogens is 284 g/mol. The number of nitrogens with zero attached hydrogens (tertiary/aromatic N) is 2. The highest BCUT2D eigenvalue weighted by atomic mass is 32.1. The minimum absolute atomic E-state index is 0.171. The molecule has 0 aliphatic carbocycles. The van der Waals surface area contributed by atoms with Crippen molar-refractivity contribution in [2.24, 2.45) is 0 Å². The van der Waals surface area contributed by atoms with E-state index in [4.69, 9.17) is 4.74 Å². The van der Waals surface area contributed by atoms with E-state index in [0.717, 1.165) is 30.0 Å². The van der Waals surface area contributed by atoms with Crippen molar-refractivity contribution in [3.05, 3.63) is 29.3 Å². The summed E-state index contributed by atoms with van der Waals surface area (Å²) in [6, 6.07) is 8.10. The maximum Gasteiger partial charge on any atom is 0.222 e. The molecule has 5 heteroatoms. The summed E-state index contributed by atoms with van der Waals surface area (Å²) in [4.78, 5) is 18.5. The molecule has 1 aromatic carbocycles. The lowest BCUT2D eigenvalue weighted by Gasteiger charge is -2.20. The lowest BCUT2D eigenvalue weighted by molar-refractivity contribution is -0.131. The van der Waals surface area contributed by atoms with Gasteiger partial charge in [-0.3, -0.25) is 4.79 Å². The Balaban J connectivity index is 1.52. The molecule has 112 valence electrons. The quantitative estimate of drug-likeness (QED) is 0.853. The van der Waals surface area contributed by atoms with E-state index < -0.39 is 0 Å². The zero-order valence-electron chi connectivity index (χ0n) is 12.2. The van der Waals surface area contributed by atoms with E-state index in [0.29, 0.717) is 19.4 Å². The third-order valence-corrected chi connectivity index (χ3v) is 4.91. The van der Waals surface area contributed by atoms with Gasteiger partial charge < -0.3 is 9.64 Å². The van der Waals surface area contributed by atoms with Crippen LogP contribution in [0.15, 0.2) is 24.3 Å². The molecule has 1 fully saturated rings. The van der Waals surface area contributed by atoms with Crippen LogP contribution in [0.4, 0.5) is 0 Å². The first-order chi connectivity index (χ1) is 10.2. The van der Waals surface area contributed by atoms with Gasteiger partial charge in [0.2, 0.25) is 5.91 Å². The molecule has 0 saturated carbocycles. The average Bonchev–Trinajstić information content (AvgIpc) is 3.13. The lowest BCUT2D eigenvalue weighted by Crippen LogP contribution is -2.34. The number of aromatic nitrogens is 1. The van der Waals surface area contributed by atoms with Crippen LogP contribution < -0.4 is 0 Å². The third-order valence-electron chi connectivity index (χ3n) is 3.82. The summed E-state index contributed by atoms with van der Waals surface area (Å²) < 4.78 is 6.76. The number of hydrogen-bond donors (Lipinski definition) is 0. The molecule has 0 bridgehead atoms. The van der Waals surface area contributed by atoms with E-state index in [-0.39, 0.29) is 12.0 Å². The van der Waals surface area contributed by atoms with Gasteiger partial charge in [-0.15, -0.1) is 11.3 Å². The zero-order valence-corrected chi connectivity index (χ0v) is 13.1. The van der Waals surface area contributed by atoms with Gasteiger partial charge in [-0.1, -0.05) is 12.1 Å². The molecule has 3 rings (SSSR count). The van der Waals surface area contributed by atoms with Crippen molar-refractivity contribution in [1.82, 2.24) is 9.88 Å². The Morgan fingerprint density at radius 3 is 3.10 bits per heavy atom. The molecule has 4 nitrogen and oxygen atoms in total. The fourth-order valence-electron chi connectivity index (χ4n) is 2.63. The van der Waals surface area contributed by atoms with Crippen LogP contribution in [0.5, 0.6) is 0 Å². The monoisotopic (exact) mass is 304 g/mol. The zero-order chi connectivity index (χ0) is 14.7.